The standard InChI is InChI=1S/C16H24N2O7S3/c1-5-17-12-6-8(2)27(22,23)16-11(12)7-13(26-16)28(24,25)18-15(21)9(3)14(20)10(4)19/h7-10,12,17,19H,5-6H2,1-4H3,(H,18,21)/t8-,9-,10-,12-/m0/s1. The van der Waals surface area contributed by atoms with Crippen molar-refractivity contribution < 1.29 is 31.5 Å². The van der Waals surface area contributed by atoms with Crippen molar-refractivity contribution in [3.05, 3.63) is 11.6 Å². The second kappa shape index (κ2) is 8.19. The first-order valence-corrected chi connectivity index (χ1v) is 12.6. The van der Waals surface area contributed by atoms with Gasteiger partial charge in [-0.1, -0.05) is 6.92 Å². The first-order chi connectivity index (χ1) is 12.8. The van der Waals surface area contributed by atoms with E-state index < -0.39 is 48.8 Å². The molecule has 12 heteroatoms. The number of carbonyl (C=O) groups is 2. The van der Waals surface area contributed by atoms with Crippen LogP contribution in [0.4, 0.5) is 0 Å². The summed E-state index contributed by atoms with van der Waals surface area (Å²) in [4.78, 5) is 23.8. The van der Waals surface area contributed by atoms with Crippen LogP contribution in [-0.2, 0) is 29.4 Å². The van der Waals surface area contributed by atoms with E-state index in [1.165, 1.54) is 19.9 Å². The predicted octanol–water partition coefficient (Wildman–Crippen LogP) is 0.356. The summed E-state index contributed by atoms with van der Waals surface area (Å²) >= 11 is 0.586. The highest BCUT2D eigenvalue weighted by Gasteiger charge is 2.40. The SMILES string of the molecule is CCN[C@H]1C[C@H](C)S(=O)(=O)c2sc(S(=O)(=O)NC(=O)[C@@H](C)C(=O)[C@H](C)O)cc21. The van der Waals surface area contributed by atoms with Crippen LogP contribution in [0.3, 0.4) is 0 Å². The van der Waals surface area contributed by atoms with Crippen LogP contribution in [0.25, 0.3) is 0 Å². The summed E-state index contributed by atoms with van der Waals surface area (Å²) < 4.78 is 51.9. The van der Waals surface area contributed by atoms with Crippen LogP contribution in [-0.4, -0.2) is 51.5 Å². The summed E-state index contributed by atoms with van der Waals surface area (Å²) in [6.07, 6.45) is -1.10. The third kappa shape index (κ3) is 4.30. The molecule has 3 N–H and O–H groups in total. The topological polar surface area (TPSA) is 147 Å². The lowest BCUT2D eigenvalue weighted by Crippen LogP contribution is -2.40. The maximum absolute atomic E-state index is 12.6. The second-order valence-corrected chi connectivity index (χ2v) is 12.3. The van der Waals surface area contributed by atoms with Gasteiger partial charge in [-0.05, 0) is 39.8 Å². The minimum Gasteiger partial charge on any atom is -0.386 e. The number of aliphatic hydroxyl groups excluding tert-OH is 1. The first-order valence-electron chi connectivity index (χ1n) is 8.72. The second-order valence-electron chi connectivity index (χ2n) is 6.78. The van der Waals surface area contributed by atoms with E-state index in [9.17, 15) is 31.5 Å². The van der Waals surface area contributed by atoms with Gasteiger partial charge in [0.25, 0.3) is 10.0 Å². The van der Waals surface area contributed by atoms with Crippen molar-refractivity contribution >= 4 is 42.9 Å². The fourth-order valence-corrected chi connectivity index (χ4v) is 7.99. The lowest BCUT2D eigenvalue weighted by Gasteiger charge is -2.27. The van der Waals surface area contributed by atoms with Gasteiger partial charge in [-0.2, -0.15) is 0 Å². The third-order valence-electron chi connectivity index (χ3n) is 4.62. The number of rotatable bonds is 7. The number of ketones is 1. The van der Waals surface area contributed by atoms with Gasteiger partial charge in [0.1, 0.15) is 14.5 Å². The van der Waals surface area contributed by atoms with Gasteiger partial charge in [0.2, 0.25) is 5.91 Å². The summed E-state index contributed by atoms with van der Waals surface area (Å²) in [5, 5.41) is 11.8. The van der Waals surface area contributed by atoms with Crippen LogP contribution in [0.5, 0.6) is 0 Å². The zero-order chi connectivity index (χ0) is 21.4. The van der Waals surface area contributed by atoms with Gasteiger partial charge in [0, 0.05) is 11.6 Å². The summed E-state index contributed by atoms with van der Waals surface area (Å²) in [5.74, 6) is -3.28. The molecule has 2 heterocycles. The molecule has 0 radical (unpaired) electrons. The number of amides is 1. The number of Topliss-reactive ketones (excluding diaryl/α,β-unsaturated/α-hetero) is 1. The molecule has 0 fully saturated rings. The number of carbonyl (C=O) groups excluding carboxylic acids is 2. The van der Waals surface area contributed by atoms with E-state index in [4.69, 9.17) is 0 Å². The molecular formula is C16H24N2O7S3. The first kappa shape index (κ1) is 22.9. The molecule has 0 saturated carbocycles. The summed E-state index contributed by atoms with van der Waals surface area (Å²) in [6, 6.07) is 0.943. The minimum absolute atomic E-state index is 0.0295. The molecule has 2 rings (SSSR count). The van der Waals surface area contributed by atoms with E-state index >= 15 is 0 Å². The lowest BCUT2D eigenvalue weighted by atomic mass is 10.0. The number of thiophene rings is 1. The molecule has 1 aliphatic heterocycles. The number of hydrogen-bond donors (Lipinski definition) is 3. The normalized spacial score (nSPS) is 23.5. The Morgan fingerprint density at radius 3 is 2.50 bits per heavy atom. The molecule has 1 aromatic heterocycles. The average Bonchev–Trinajstić information content (AvgIpc) is 3.06. The molecule has 0 aliphatic carbocycles. The Morgan fingerprint density at radius 1 is 1.36 bits per heavy atom. The van der Waals surface area contributed by atoms with Gasteiger partial charge in [-0.3, -0.25) is 9.59 Å². The van der Waals surface area contributed by atoms with Gasteiger partial charge in [0.15, 0.2) is 15.6 Å². The van der Waals surface area contributed by atoms with E-state index in [0.29, 0.717) is 29.9 Å². The van der Waals surface area contributed by atoms with Gasteiger partial charge >= 0.3 is 0 Å². The molecule has 1 aliphatic rings. The van der Waals surface area contributed by atoms with Gasteiger partial charge < -0.3 is 10.4 Å². The molecule has 0 aromatic carbocycles. The molecule has 158 valence electrons. The van der Waals surface area contributed by atoms with E-state index in [1.54, 1.807) is 11.6 Å². The maximum atomic E-state index is 12.6. The zero-order valence-corrected chi connectivity index (χ0v) is 18.4. The summed E-state index contributed by atoms with van der Waals surface area (Å²) in [6.45, 7) is 6.37. The van der Waals surface area contributed by atoms with Crippen molar-refractivity contribution in [2.45, 2.75) is 59.9 Å². The van der Waals surface area contributed by atoms with Gasteiger partial charge in [-0.25, -0.2) is 21.6 Å². The number of aliphatic hydroxyl groups is 1. The monoisotopic (exact) mass is 452 g/mol. The van der Waals surface area contributed by atoms with Crippen LogP contribution in [0.2, 0.25) is 0 Å². The molecule has 4 atom stereocenters. The zero-order valence-electron chi connectivity index (χ0n) is 15.9. The molecule has 28 heavy (non-hydrogen) atoms. The Kier molecular flexibility index (Phi) is 6.71. The molecule has 1 aromatic rings. The van der Waals surface area contributed by atoms with Crippen molar-refractivity contribution in [2.24, 2.45) is 5.92 Å². The number of sulfonamides is 1. The van der Waals surface area contributed by atoms with Crippen molar-refractivity contribution in [3.8, 4) is 0 Å². The van der Waals surface area contributed by atoms with Crippen molar-refractivity contribution in [3.63, 3.8) is 0 Å². The Labute approximate surface area is 168 Å². The van der Waals surface area contributed by atoms with Crippen molar-refractivity contribution in [1.82, 2.24) is 10.0 Å². The van der Waals surface area contributed by atoms with E-state index in [1.807, 2.05) is 6.92 Å². The quantitative estimate of drug-likeness (QED) is 0.502. The predicted molar refractivity (Wildman–Crippen MR) is 103 cm³/mol. The van der Waals surface area contributed by atoms with E-state index in [-0.39, 0.29) is 14.5 Å². The van der Waals surface area contributed by atoms with Crippen LogP contribution >= 0.6 is 11.3 Å². The maximum Gasteiger partial charge on any atom is 0.273 e. The molecule has 0 bridgehead atoms. The largest absolute Gasteiger partial charge is 0.386 e. The summed E-state index contributed by atoms with van der Waals surface area (Å²) in [5.41, 5.74) is 0.367. The third-order valence-corrected chi connectivity index (χ3v) is 10.3. The number of nitrogens with one attached hydrogen (secondary N) is 2. The van der Waals surface area contributed by atoms with E-state index in [2.05, 4.69) is 5.32 Å². The average molecular weight is 453 g/mol. The fourth-order valence-electron chi connectivity index (χ4n) is 2.93. The Morgan fingerprint density at radius 2 is 1.96 bits per heavy atom. The smallest absolute Gasteiger partial charge is 0.273 e. The molecule has 0 saturated heterocycles. The van der Waals surface area contributed by atoms with Gasteiger partial charge in [-0.15, -0.1) is 11.3 Å². The molecular weight excluding hydrogens is 428 g/mol. The van der Waals surface area contributed by atoms with Crippen molar-refractivity contribution in [2.75, 3.05) is 6.54 Å². The minimum atomic E-state index is -4.37. The van der Waals surface area contributed by atoms with Crippen LogP contribution in [0.15, 0.2) is 14.5 Å². The van der Waals surface area contributed by atoms with Crippen LogP contribution in [0, 0.1) is 5.92 Å². The molecule has 9 nitrogen and oxygen atoms in total. The van der Waals surface area contributed by atoms with Crippen LogP contribution in [0.1, 0.15) is 45.7 Å². The molecule has 0 unspecified atom stereocenters. The highest BCUT2D eigenvalue weighted by Crippen LogP contribution is 2.42. The highest BCUT2D eigenvalue weighted by atomic mass is 32.3. The fraction of sp³-hybridized carbons (Fsp3) is 0.625. The number of fused-ring (bicyclic) bond motifs is 1. The highest BCUT2D eigenvalue weighted by molar-refractivity contribution is 7.95. The molecule has 1 amide bonds. The number of hydrogen-bond acceptors (Lipinski definition) is 9. The Hall–Kier alpha value is -1.34. The Balaban J connectivity index is 2.40. The van der Waals surface area contributed by atoms with E-state index in [0.717, 1.165) is 0 Å². The molecule has 0 spiro atoms. The number of sulfone groups is 1. The Bertz CT molecular complexity index is 980. The van der Waals surface area contributed by atoms with Gasteiger partial charge in [0.05, 0.1) is 11.2 Å². The van der Waals surface area contributed by atoms with Crippen molar-refractivity contribution in [1.29, 1.82) is 0 Å². The summed E-state index contributed by atoms with van der Waals surface area (Å²) in [7, 11) is -8.04. The van der Waals surface area contributed by atoms with Crippen LogP contribution < -0.4 is 10.0 Å². The lowest BCUT2D eigenvalue weighted by molar-refractivity contribution is -0.136.